The number of hydrogen-bond acceptors (Lipinski definition) is 3. The van der Waals surface area contributed by atoms with Crippen molar-refractivity contribution in [3.05, 3.63) is 34.1 Å². The lowest BCUT2D eigenvalue weighted by Gasteiger charge is -2.41. The Hall–Kier alpha value is -1.65. The largest absolute Gasteiger partial charge is 0.384 e. The van der Waals surface area contributed by atoms with E-state index in [9.17, 15) is 14.5 Å². The van der Waals surface area contributed by atoms with E-state index in [1.54, 1.807) is 0 Å². The summed E-state index contributed by atoms with van der Waals surface area (Å²) < 4.78 is 13.2. The fourth-order valence-electron chi connectivity index (χ4n) is 2.40. The number of rotatable bonds is 5. The normalized spacial score (nSPS) is 17.0. The van der Waals surface area contributed by atoms with E-state index in [0.29, 0.717) is 11.1 Å². The molecule has 0 aliphatic heterocycles. The quantitative estimate of drug-likeness (QED) is 0.641. The molecule has 0 amide bonds. The van der Waals surface area contributed by atoms with Crippen molar-refractivity contribution in [2.75, 3.05) is 11.9 Å². The second kappa shape index (κ2) is 4.92. The van der Waals surface area contributed by atoms with Crippen LogP contribution >= 0.6 is 0 Å². The van der Waals surface area contributed by atoms with Gasteiger partial charge in [-0.15, -0.1) is 0 Å². The third-order valence-electron chi connectivity index (χ3n) is 3.93. The summed E-state index contributed by atoms with van der Waals surface area (Å²) in [6, 6.07) is 3.62. The minimum Gasteiger partial charge on any atom is -0.384 e. The molecule has 1 N–H and O–H groups in total. The van der Waals surface area contributed by atoms with Crippen LogP contribution in [0.5, 0.6) is 0 Å². The van der Waals surface area contributed by atoms with Crippen molar-refractivity contribution in [1.29, 1.82) is 0 Å². The number of nitrogens with one attached hydrogen (secondary N) is 1. The molecule has 98 valence electrons. The fourth-order valence-corrected chi connectivity index (χ4v) is 2.40. The van der Waals surface area contributed by atoms with Gasteiger partial charge in [-0.05, 0) is 30.7 Å². The summed E-state index contributed by atoms with van der Waals surface area (Å²) in [4.78, 5) is 10.1. The summed E-state index contributed by atoms with van der Waals surface area (Å²) in [5.74, 6) is -0.578. The van der Waals surface area contributed by atoms with Crippen LogP contribution in [-0.4, -0.2) is 11.5 Å². The summed E-state index contributed by atoms with van der Waals surface area (Å²) in [6.07, 6.45) is 4.66. The summed E-state index contributed by atoms with van der Waals surface area (Å²) in [7, 11) is 0. The van der Waals surface area contributed by atoms with E-state index in [1.165, 1.54) is 31.4 Å². The van der Waals surface area contributed by atoms with Crippen LogP contribution in [0.3, 0.4) is 0 Å². The van der Waals surface area contributed by atoms with Crippen LogP contribution in [0.25, 0.3) is 0 Å². The summed E-state index contributed by atoms with van der Waals surface area (Å²) in [5.41, 5.74) is 0.569. The van der Waals surface area contributed by atoms with Gasteiger partial charge in [0.2, 0.25) is 0 Å². The fraction of sp³-hybridized carbons (Fsp3) is 0.538. The van der Waals surface area contributed by atoms with Crippen LogP contribution in [0, 0.1) is 21.3 Å². The standard InChI is InChI=1S/C13H17FN2O2/c1-2-13(4-3-5-13)9-15-11-6-10(14)7-12(8-11)16(17)18/h6-8,15H,2-5,9H2,1H3. The van der Waals surface area contributed by atoms with Crippen LogP contribution in [-0.2, 0) is 0 Å². The van der Waals surface area contributed by atoms with Gasteiger partial charge >= 0.3 is 0 Å². The van der Waals surface area contributed by atoms with Crippen molar-refractivity contribution in [3.63, 3.8) is 0 Å². The maximum absolute atomic E-state index is 13.2. The molecule has 0 aromatic heterocycles. The lowest BCUT2D eigenvalue weighted by molar-refractivity contribution is -0.385. The maximum atomic E-state index is 13.2. The Kier molecular flexibility index (Phi) is 3.50. The molecule has 0 radical (unpaired) electrons. The monoisotopic (exact) mass is 252 g/mol. The molecular weight excluding hydrogens is 235 g/mol. The van der Waals surface area contributed by atoms with Gasteiger partial charge in [-0.2, -0.15) is 0 Å². The lowest BCUT2D eigenvalue weighted by atomic mass is 9.67. The van der Waals surface area contributed by atoms with Gasteiger partial charge < -0.3 is 5.32 Å². The van der Waals surface area contributed by atoms with Gasteiger partial charge in [0.25, 0.3) is 5.69 Å². The van der Waals surface area contributed by atoms with Crippen molar-refractivity contribution in [2.24, 2.45) is 5.41 Å². The van der Waals surface area contributed by atoms with E-state index in [4.69, 9.17) is 0 Å². The van der Waals surface area contributed by atoms with E-state index in [2.05, 4.69) is 12.2 Å². The first-order valence-electron chi connectivity index (χ1n) is 6.23. The Balaban J connectivity index is 2.07. The average molecular weight is 252 g/mol. The van der Waals surface area contributed by atoms with Gasteiger partial charge in [-0.3, -0.25) is 10.1 Å². The van der Waals surface area contributed by atoms with Gasteiger partial charge in [0.1, 0.15) is 5.82 Å². The van der Waals surface area contributed by atoms with Gasteiger partial charge in [0.05, 0.1) is 11.0 Å². The summed E-state index contributed by atoms with van der Waals surface area (Å²) in [5, 5.41) is 13.8. The number of benzene rings is 1. The highest BCUT2D eigenvalue weighted by Gasteiger charge is 2.34. The van der Waals surface area contributed by atoms with Crippen LogP contribution < -0.4 is 5.32 Å². The van der Waals surface area contributed by atoms with Crippen LogP contribution in [0.4, 0.5) is 15.8 Å². The van der Waals surface area contributed by atoms with Crippen molar-refractivity contribution < 1.29 is 9.31 Å². The predicted octanol–water partition coefficient (Wildman–Crippen LogP) is 3.73. The molecule has 2 rings (SSSR count). The van der Waals surface area contributed by atoms with Crippen LogP contribution in [0.1, 0.15) is 32.6 Å². The number of nitro groups is 1. The predicted molar refractivity (Wildman–Crippen MR) is 68.1 cm³/mol. The first kappa shape index (κ1) is 12.8. The Labute approximate surface area is 105 Å². The van der Waals surface area contributed by atoms with E-state index in [0.717, 1.165) is 19.0 Å². The molecule has 1 aromatic rings. The third-order valence-corrected chi connectivity index (χ3v) is 3.93. The lowest BCUT2D eigenvalue weighted by Crippen LogP contribution is -2.35. The zero-order chi connectivity index (χ0) is 13.2. The highest BCUT2D eigenvalue weighted by molar-refractivity contribution is 5.51. The first-order chi connectivity index (χ1) is 8.54. The molecule has 1 saturated carbocycles. The molecule has 18 heavy (non-hydrogen) atoms. The molecule has 1 aromatic carbocycles. The second-order valence-electron chi connectivity index (χ2n) is 5.02. The Bertz CT molecular complexity index is 453. The number of nitro benzene ring substituents is 1. The molecular formula is C13H17FN2O2. The molecule has 1 fully saturated rings. The van der Waals surface area contributed by atoms with Crippen molar-refractivity contribution in [2.45, 2.75) is 32.6 Å². The van der Waals surface area contributed by atoms with Gasteiger partial charge in [-0.1, -0.05) is 13.3 Å². The number of nitrogens with zero attached hydrogens (tertiary/aromatic N) is 1. The number of halogens is 1. The van der Waals surface area contributed by atoms with Gasteiger partial charge in [0, 0.05) is 18.3 Å². The summed E-state index contributed by atoms with van der Waals surface area (Å²) in [6.45, 7) is 2.90. The molecule has 0 heterocycles. The van der Waals surface area contributed by atoms with Gasteiger partial charge in [-0.25, -0.2) is 4.39 Å². The SMILES string of the molecule is CCC1(CNc2cc(F)cc([N+](=O)[O-])c2)CCC1. The van der Waals surface area contributed by atoms with E-state index in [1.807, 2.05) is 0 Å². The molecule has 4 nitrogen and oxygen atoms in total. The topological polar surface area (TPSA) is 55.2 Å². The average Bonchev–Trinajstić information content (AvgIpc) is 2.27. The van der Waals surface area contributed by atoms with Crippen LogP contribution in [0.15, 0.2) is 18.2 Å². The van der Waals surface area contributed by atoms with E-state index >= 15 is 0 Å². The van der Waals surface area contributed by atoms with E-state index in [-0.39, 0.29) is 5.69 Å². The molecule has 0 spiro atoms. The van der Waals surface area contributed by atoms with Gasteiger partial charge in [0.15, 0.2) is 0 Å². The Morgan fingerprint density at radius 1 is 1.44 bits per heavy atom. The molecule has 1 aliphatic rings. The first-order valence-corrected chi connectivity index (χ1v) is 6.23. The summed E-state index contributed by atoms with van der Waals surface area (Å²) >= 11 is 0. The zero-order valence-electron chi connectivity index (χ0n) is 10.4. The molecule has 5 heteroatoms. The molecule has 0 saturated heterocycles. The highest BCUT2D eigenvalue weighted by atomic mass is 19.1. The highest BCUT2D eigenvalue weighted by Crippen LogP contribution is 2.43. The van der Waals surface area contributed by atoms with Crippen molar-refractivity contribution in [3.8, 4) is 0 Å². The smallest absolute Gasteiger partial charge is 0.274 e. The maximum Gasteiger partial charge on any atom is 0.274 e. The minimum absolute atomic E-state index is 0.211. The minimum atomic E-state index is -0.578. The molecule has 0 atom stereocenters. The Morgan fingerprint density at radius 3 is 2.67 bits per heavy atom. The van der Waals surface area contributed by atoms with Crippen molar-refractivity contribution >= 4 is 11.4 Å². The number of hydrogen-bond donors (Lipinski definition) is 1. The molecule has 0 bridgehead atoms. The van der Waals surface area contributed by atoms with Crippen molar-refractivity contribution in [1.82, 2.24) is 0 Å². The second-order valence-corrected chi connectivity index (χ2v) is 5.02. The number of non-ortho nitro benzene ring substituents is 1. The number of anilines is 1. The van der Waals surface area contributed by atoms with E-state index < -0.39 is 10.7 Å². The van der Waals surface area contributed by atoms with Crippen LogP contribution in [0.2, 0.25) is 0 Å². The molecule has 1 aliphatic carbocycles. The zero-order valence-corrected chi connectivity index (χ0v) is 10.4. The third kappa shape index (κ3) is 2.60. The Morgan fingerprint density at radius 2 is 2.17 bits per heavy atom. The molecule has 0 unspecified atom stereocenters.